The second-order valence-electron chi connectivity index (χ2n) is 8.51. The number of rotatable bonds is 4. The monoisotopic (exact) mass is 453 g/mol. The lowest BCUT2D eigenvalue weighted by Gasteiger charge is -2.39. The zero-order chi connectivity index (χ0) is 22.1. The lowest BCUT2D eigenvalue weighted by Crippen LogP contribution is -2.51. The zero-order valence-electron chi connectivity index (χ0n) is 17.6. The molecule has 0 saturated carbocycles. The molecule has 1 aromatic heterocycles. The molecular weight excluding hydrogens is 430 g/mol. The van der Waals surface area contributed by atoms with E-state index >= 15 is 0 Å². The fourth-order valence-electron chi connectivity index (χ4n) is 4.67. The molecule has 3 aromatic rings. The average Bonchev–Trinajstić information content (AvgIpc) is 3.17. The van der Waals surface area contributed by atoms with Crippen LogP contribution in [0.25, 0.3) is 10.8 Å². The third-order valence-corrected chi connectivity index (χ3v) is 6.45. The summed E-state index contributed by atoms with van der Waals surface area (Å²) in [6.45, 7) is 1.53. The number of carbonyl (C=O) groups is 1. The predicted octanol–water partition coefficient (Wildman–Crippen LogP) is 3.28. The van der Waals surface area contributed by atoms with Gasteiger partial charge in [0.2, 0.25) is 5.91 Å². The Bertz CT molecular complexity index is 1210. The number of hydrogen-bond acceptors (Lipinski definition) is 5. The molecule has 2 aliphatic heterocycles. The van der Waals surface area contributed by atoms with Gasteiger partial charge in [0.1, 0.15) is 18.4 Å². The number of amides is 1. The van der Waals surface area contributed by atoms with E-state index in [1.165, 1.54) is 4.68 Å². The molecule has 32 heavy (non-hydrogen) atoms. The van der Waals surface area contributed by atoms with Crippen LogP contribution in [-0.2, 0) is 16.1 Å². The molecule has 5 rings (SSSR count). The number of likely N-dealkylation sites (tertiary alicyclic amines) is 1. The number of halogens is 1. The highest BCUT2D eigenvalue weighted by Crippen LogP contribution is 2.36. The van der Waals surface area contributed by atoms with Gasteiger partial charge in [-0.15, -0.1) is 0 Å². The molecule has 7 nitrogen and oxygen atoms in total. The van der Waals surface area contributed by atoms with Gasteiger partial charge in [0.05, 0.1) is 23.8 Å². The Kier molecular flexibility index (Phi) is 5.61. The van der Waals surface area contributed by atoms with Gasteiger partial charge in [-0.05, 0) is 37.1 Å². The molecule has 2 aliphatic rings. The van der Waals surface area contributed by atoms with Gasteiger partial charge in [0.25, 0.3) is 5.56 Å². The lowest BCUT2D eigenvalue weighted by atomic mass is 9.89. The molecule has 1 spiro atoms. The van der Waals surface area contributed by atoms with Crippen molar-refractivity contribution in [3.63, 3.8) is 0 Å². The zero-order valence-corrected chi connectivity index (χ0v) is 18.3. The Morgan fingerprint density at radius 2 is 2.12 bits per heavy atom. The van der Waals surface area contributed by atoms with Crippen LogP contribution in [0.5, 0.6) is 5.75 Å². The van der Waals surface area contributed by atoms with Gasteiger partial charge < -0.3 is 14.4 Å². The Hall–Kier alpha value is -2.90. The Balaban J connectivity index is 1.25. The van der Waals surface area contributed by atoms with Crippen LogP contribution in [0.3, 0.4) is 0 Å². The van der Waals surface area contributed by atoms with Crippen molar-refractivity contribution >= 4 is 28.3 Å². The van der Waals surface area contributed by atoms with E-state index < -0.39 is 5.60 Å². The van der Waals surface area contributed by atoms with E-state index in [1.54, 1.807) is 29.3 Å². The van der Waals surface area contributed by atoms with Crippen molar-refractivity contribution in [2.24, 2.45) is 0 Å². The molecule has 0 radical (unpaired) electrons. The largest absolute Gasteiger partial charge is 0.488 e. The third kappa shape index (κ3) is 4.23. The van der Waals surface area contributed by atoms with Crippen LogP contribution in [0, 0.1) is 0 Å². The van der Waals surface area contributed by atoms with E-state index in [1.807, 2.05) is 30.3 Å². The number of carbonyl (C=O) groups excluding carboxylic acids is 1. The van der Waals surface area contributed by atoms with Crippen molar-refractivity contribution in [1.29, 1.82) is 0 Å². The smallest absolute Gasteiger partial charge is 0.275 e. The van der Waals surface area contributed by atoms with Gasteiger partial charge in [-0.1, -0.05) is 35.9 Å². The van der Waals surface area contributed by atoms with Crippen LogP contribution in [0.4, 0.5) is 0 Å². The molecule has 2 fully saturated rings. The summed E-state index contributed by atoms with van der Waals surface area (Å²) >= 11 is 6.05. The standard InChI is InChI=1S/C24H24ClN3O4/c25-18-6-3-7-19(11-18)32-20-12-24(31-15-20)9-4-10-27(16-24)22(29)14-28-23(30)21-8-2-1-5-17(21)13-26-28/h1-3,5-8,11,13,20H,4,9-10,12,14-16H2/t20-,24-/m1/s1. The number of aromatic nitrogens is 2. The summed E-state index contributed by atoms with van der Waals surface area (Å²) in [5.41, 5.74) is -0.672. The normalized spacial score (nSPS) is 23.0. The maximum Gasteiger partial charge on any atom is 0.275 e. The highest BCUT2D eigenvalue weighted by Gasteiger charge is 2.45. The topological polar surface area (TPSA) is 73.7 Å². The summed E-state index contributed by atoms with van der Waals surface area (Å²) in [5, 5.41) is 6.15. The molecule has 0 bridgehead atoms. The summed E-state index contributed by atoms with van der Waals surface area (Å²) < 4.78 is 13.5. The van der Waals surface area contributed by atoms with Crippen molar-refractivity contribution in [3.05, 3.63) is 70.1 Å². The van der Waals surface area contributed by atoms with Gasteiger partial charge in [0.15, 0.2) is 0 Å². The molecule has 2 aromatic carbocycles. The van der Waals surface area contributed by atoms with Crippen LogP contribution in [-0.4, -0.2) is 52.0 Å². The molecule has 2 saturated heterocycles. The number of benzene rings is 2. The van der Waals surface area contributed by atoms with E-state index in [-0.39, 0.29) is 24.1 Å². The number of nitrogens with zero attached hydrogens (tertiary/aromatic N) is 3. The Morgan fingerprint density at radius 1 is 1.25 bits per heavy atom. The van der Waals surface area contributed by atoms with Crippen molar-refractivity contribution in [2.45, 2.75) is 37.5 Å². The van der Waals surface area contributed by atoms with Gasteiger partial charge >= 0.3 is 0 Å². The molecule has 166 valence electrons. The number of hydrogen-bond donors (Lipinski definition) is 0. The van der Waals surface area contributed by atoms with Crippen LogP contribution in [0.15, 0.2) is 59.5 Å². The maximum atomic E-state index is 13.0. The highest BCUT2D eigenvalue weighted by molar-refractivity contribution is 6.30. The quantitative estimate of drug-likeness (QED) is 0.606. The van der Waals surface area contributed by atoms with Gasteiger partial charge in [0, 0.05) is 29.9 Å². The summed E-state index contributed by atoms with van der Waals surface area (Å²) in [4.78, 5) is 27.5. The first-order valence-electron chi connectivity index (χ1n) is 10.8. The van der Waals surface area contributed by atoms with Crippen molar-refractivity contribution in [3.8, 4) is 5.75 Å². The third-order valence-electron chi connectivity index (χ3n) is 6.21. The van der Waals surface area contributed by atoms with Crippen molar-refractivity contribution < 1.29 is 14.3 Å². The minimum atomic E-state index is -0.418. The maximum absolute atomic E-state index is 13.0. The van der Waals surface area contributed by atoms with Crippen molar-refractivity contribution in [1.82, 2.24) is 14.7 Å². The number of ether oxygens (including phenoxy) is 2. The number of piperidine rings is 1. The molecular formula is C24H24ClN3O4. The van der Waals surface area contributed by atoms with Crippen molar-refractivity contribution in [2.75, 3.05) is 19.7 Å². The molecule has 0 N–H and O–H groups in total. The van der Waals surface area contributed by atoms with Crippen LogP contribution in [0.2, 0.25) is 5.02 Å². The van der Waals surface area contributed by atoms with Crippen LogP contribution in [0.1, 0.15) is 19.3 Å². The molecule has 0 unspecified atom stereocenters. The molecule has 8 heteroatoms. The van der Waals surface area contributed by atoms with E-state index in [2.05, 4.69) is 5.10 Å². The fourth-order valence-corrected chi connectivity index (χ4v) is 4.86. The molecule has 3 heterocycles. The predicted molar refractivity (Wildman–Crippen MR) is 121 cm³/mol. The fraction of sp³-hybridized carbons (Fsp3) is 0.375. The minimum absolute atomic E-state index is 0.0812. The van der Waals surface area contributed by atoms with E-state index in [0.717, 1.165) is 18.2 Å². The lowest BCUT2D eigenvalue weighted by molar-refractivity contribution is -0.140. The van der Waals surface area contributed by atoms with Gasteiger partial charge in [-0.25, -0.2) is 4.68 Å². The molecule has 2 atom stereocenters. The van der Waals surface area contributed by atoms with E-state index in [9.17, 15) is 9.59 Å². The second-order valence-corrected chi connectivity index (χ2v) is 8.95. The summed E-state index contributed by atoms with van der Waals surface area (Å²) in [5.74, 6) is 0.588. The first kappa shape index (κ1) is 21.0. The molecule has 0 aliphatic carbocycles. The molecule has 1 amide bonds. The Labute approximate surface area is 190 Å². The Morgan fingerprint density at radius 3 is 3.00 bits per heavy atom. The summed E-state index contributed by atoms with van der Waals surface area (Å²) in [6.07, 6.45) is 3.96. The van der Waals surface area contributed by atoms with E-state index in [0.29, 0.717) is 42.3 Å². The van der Waals surface area contributed by atoms with Gasteiger partial charge in [-0.2, -0.15) is 5.10 Å². The van der Waals surface area contributed by atoms with Crippen LogP contribution >= 0.6 is 11.6 Å². The summed E-state index contributed by atoms with van der Waals surface area (Å²) in [7, 11) is 0. The second kappa shape index (κ2) is 8.56. The first-order chi connectivity index (χ1) is 15.5. The minimum Gasteiger partial charge on any atom is -0.488 e. The SMILES string of the molecule is O=C(Cn1ncc2ccccc2c1=O)N1CCC[C@@]2(C[C@@H](Oc3cccc(Cl)c3)CO2)C1. The number of fused-ring (bicyclic) bond motifs is 1. The first-order valence-corrected chi connectivity index (χ1v) is 11.2. The summed E-state index contributed by atoms with van der Waals surface area (Å²) in [6, 6.07) is 14.6. The average molecular weight is 454 g/mol. The highest BCUT2D eigenvalue weighted by atomic mass is 35.5. The van der Waals surface area contributed by atoms with E-state index in [4.69, 9.17) is 21.1 Å². The van der Waals surface area contributed by atoms with Crippen LogP contribution < -0.4 is 10.3 Å². The van der Waals surface area contributed by atoms with Gasteiger partial charge in [-0.3, -0.25) is 9.59 Å².